The molecule has 0 aliphatic rings. The van der Waals surface area contributed by atoms with E-state index in [0.29, 0.717) is 0 Å². The maximum absolute atomic E-state index is 5.28. The van der Waals surface area contributed by atoms with Crippen molar-refractivity contribution in [3.63, 3.8) is 0 Å². The number of rotatable bonds is 2. The van der Waals surface area contributed by atoms with Crippen LogP contribution in [0.4, 0.5) is 0 Å². The molecular weight excluding hydrogens is 340 g/mol. The van der Waals surface area contributed by atoms with Crippen LogP contribution in [0.25, 0.3) is 10.4 Å². The molecule has 0 spiro atoms. The molecule has 0 saturated heterocycles. The Morgan fingerprint density at radius 2 is 1.63 bits per heavy atom. The Balaban J connectivity index is 0.000000186. The molecule has 0 aliphatic heterocycles. The predicted molar refractivity (Wildman–Crippen MR) is 88.3 cm³/mol. The van der Waals surface area contributed by atoms with E-state index in [1.165, 1.54) is 14.2 Å². The van der Waals surface area contributed by atoms with E-state index in [1.54, 1.807) is 29.8 Å². The molecule has 0 fully saturated rings. The number of thiophene rings is 2. The maximum Gasteiger partial charge on any atom is 0.127 e. The Labute approximate surface area is 129 Å². The zero-order valence-electron chi connectivity index (χ0n) is 10.4. The van der Waals surface area contributed by atoms with Crippen LogP contribution in [0.2, 0.25) is 0 Å². The zero-order chi connectivity index (χ0) is 13.5. The van der Waals surface area contributed by atoms with Gasteiger partial charge in [0.1, 0.15) is 5.75 Å². The summed E-state index contributed by atoms with van der Waals surface area (Å²) in [6.45, 7) is 0. The first-order valence-corrected chi connectivity index (χ1v) is 8.22. The minimum Gasteiger partial charge on any atom is -0.496 e. The minimum absolute atomic E-state index is 0.935. The van der Waals surface area contributed by atoms with Crippen LogP contribution < -0.4 is 4.74 Å². The summed E-state index contributed by atoms with van der Waals surface area (Å²) in [6.07, 6.45) is 0. The van der Waals surface area contributed by atoms with Gasteiger partial charge in [0.2, 0.25) is 0 Å². The summed E-state index contributed by atoms with van der Waals surface area (Å²) in [4.78, 5) is 1.25. The lowest BCUT2D eigenvalue weighted by Gasteiger charge is -2.04. The minimum atomic E-state index is 0.935. The molecule has 98 valence electrons. The Bertz CT molecular complexity index is 588. The van der Waals surface area contributed by atoms with Crippen molar-refractivity contribution in [2.75, 3.05) is 7.11 Å². The molecular formula is C15H13BrOS2. The molecule has 2 heterocycles. The lowest BCUT2D eigenvalue weighted by atomic mass is 10.2. The van der Waals surface area contributed by atoms with Gasteiger partial charge in [-0.2, -0.15) is 0 Å². The van der Waals surface area contributed by atoms with Gasteiger partial charge < -0.3 is 4.74 Å². The van der Waals surface area contributed by atoms with Crippen molar-refractivity contribution in [2.24, 2.45) is 0 Å². The van der Waals surface area contributed by atoms with Gasteiger partial charge in [0.25, 0.3) is 0 Å². The molecule has 0 N–H and O–H groups in total. The van der Waals surface area contributed by atoms with Gasteiger partial charge in [0.05, 0.1) is 10.9 Å². The molecule has 2 aromatic heterocycles. The maximum atomic E-state index is 5.28. The highest BCUT2D eigenvalue weighted by molar-refractivity contribution is 9.11. The summed E-state index contributed by atoms with van der Waals surface area (Å²) >= 11 is 6.72. The van der Waals surface area contributed by atoms with Gasteiger partial charge in [-0.15, -0.1) is 22.7 Å². The molecule has 3 rings (SSSR count). The van der Waals surface area contributed by atoms with Crippen molar-refractivity contribution in [1.29, 1.82) is 0 Å². The van der Waals surface area contributed by atoms with Crippen LogP contribution in [-0.4, -0.2) is 7.11 Å². The van der Waals surface area contributed by atoms with Crippen LogP contribution in [-0.2, 0) is 0 Å². The molecule has 0 unspecified atom stereocenters. The van der Waals surface area contributed by atoms with Crippen LogP contribution in [0.1, 0.15) is 0 Å². The average Bonchev–Trinajstić information content (AvgIpc) is 3.12. The molecule has 0 saturated carbocycles. The first kappa shape index (κ1) is 14.3. The number of benzene rings is 1. The molecule has 1 nitrogen and oxygen atoms in total. The molecule has 19 heavy (non-hydrogen) atoms. The normalized spacial score (nSPS) is 9.58. The Morgan fingerprint density at radius 3 is 2.16 bits per heavy atom. The lowest BCUT2D eigenvalue weighted by Crippen LogP contribution is -1.84. The van der Waals surface area contributed by atoms with Gasteiger partial charge in [-0.25, -0.2) is 0 Å². The van der Waals surface area contributed by atoms with E-state index in [4.69, 9.17) is 4.74 Å². The van der Waals surface area contributed by atoms with E-state index in [1.807, 2.05) is 41.8 Å². The molecule has 0 bridgehead atoms. The van der Waals surface area contributed by atoms with E-state index < -0.39 is 0 Å². The Morgan fingerprint density at radius 1 is 0.895 bits per heavy atom. The van der Waals surface area contributed by atoms with Crippen LogP contribution in [0, 0.1) is 0 Å². The molecule has 0 aliphatic carbocycles. The van der Waals surface area contributed by atoms with E-state index in [-0.39, 0.29) is 0 Å². The first-order chi connectivity index (χ1) is 9.31. The number of ether oxygens (including phenoxy) is 1. The SMILES string of the molecule is Brc1cccs1.COc1ccccc1-c1cccs1. The molecule has 0 atom stereocenters. The third-order valence-corrected chi connectivity index (χ3v) is 4.76. The number of para-hydroxylation sites is 1. The number of hydrogen-bond acceptors (Lipinski definition) is 3. The monoisotopic (exact) mass is 352 g/mol. The summed E-state index contributed by atoms with van der Waals surface area (Å²) in [7, 11) is 1.70. The van der Waals surface area contributed by atoms with Gasteiger partial charge in [-0.3, -0.25) is 0 Å². The standard InChI is InChI=1S/C11H10OS.C4H3BrS/c1-12-10-6-3-2-5-9(10)11-7-4-8-13-11;5-4-2-1-3-6-4/h2-8H,1H3;1-3H. The third kappa shape index (κ3) is 4.20. The van der Waals surface area contributed by atoms with Gasteiger partial charge in [-0.05, 0) is 51.0 Å². The number of halogens is 1. The van der Waals surface area contributed by atoms with Crippen LogP contribution in [0.3, 0.4) is 0 Å². The summed E-state index contributed by atoms with van der Waals surface area (Å²) in [5.74, 6) is 0.935. The predicted octanol–water partition coefficient (Wildman–Crippen LogP) is 5.93. The lowest BCUT2D eigenvalue weighted by molar-refractivity contribution is 0.416. The van der Waals surface area contributed by atoms with Crippen LogP contribution in [0.5, 0.6) is 5.75 Å². The molecule has 0 radical (unpaired) electrons. The van der Waals surface area contributed by atoms with E-state index in [9.17, 15) is 0 Å². The van der Waals surface area contributed by atoms with E-state index >= 15 is 0 Å². The van der Waals surface area contributed by atoms with E-state index in [2.05, 4.69) is 33.4 Å². The molecule has 4 heteroatoms. The second-order valence-electron chi connectivity index (χ2n) is 3.59. The first-order valence-electron chi connectivity index (χ1n) is 5.67. The topological polar surface area (TPSA) is 9.23 Å². The van der Waals surface area contributed by atoms with Crippen molar-refractivity contribution >= 4 is 38.6 Å². The average molecular weight is 353 g/mol. The van der Waals surface area contributed by atoms with Gasteiger partial charge in [-0.1, -0.05) is 24.3 Å². The van der Waals surface area contributed by atoms with Gasteiger partial charge >= 0.3 is 0 Å². The zero-order valence-corrected chi connectivity index (χ0v) is 13.6. The smallest absolute Gasteiger partial charge is 0.127 e. The summed E-state index contributed by atoms with van der Waals surface area (Å²) in [5, 5.41) is 4.10. The van der Waals surface area contributed by atoms with Crippen LogP contribution >= 0.6 is 38.6 Å². The Kier molecular flexibility index (Phi) is 5.63. The quantitative estimate of drug-likeness (QED) is 0.554. The summed E-state index contributed by atoms with van der Waals surface area (Å²) in [6, 6.07) is 16.2. The molecule has 0 amide bonds. The fourth-order valence-electron chi connectivity index (χ4n) is 1.54. The molecule has 1 aromatic carbocycles. The van der Waals surface area contributed by atoms with Gasteiger partial charge in [0.15, 0.2) is 0 Å². The summed E-state index contributed by atoms with van der Waals surface area (Å²) < 4.78 is 6.47. The molecule has 3 aromatic rings. The van der Waals surface area contributed by atoms with Crippen molar-refractivity contribution in [1.82, 2.24) is 0 Å². The highest BCUT2D eigenvalue weighted by Gasteiger charge is 2.03. The van der Waals surface area contributed by atoms with Gasteiger partial charge in [0, 0.05) is 10.4 Å². The summed E-state index contributed by atoms with van der Waals surface area (Å²) in [5.41, 5.74) is 1.17. The largest absolute Gasteiger partial charge is 0.496 e. The highest BCUT2D eigenvalue weighted by atomic mass is 79.9. The van der Waals surface area contributed by atoms with E-state index in [0.717, 1.165) is 5.75 Å². The van der Waals surface area contributed by atoms with Crippen molar-refractivity contribution in [2.45, 2.75) is 0 Å². The number of methoxy groups -OCH3 is 1. The highest BCUT2D eigenvalue weighted by Crippen LogP contribution is 2.32. The fourth-order valence-corrected chi connectivity index (χ4v) is 3.22. The van der Waals surface area contributed by atoms with Crippen molar-refractivity contribution in [3.05, 3.63) is 63.1 Å². The fraction of sp³-hybridized carbons (Fsp3) is 0.0667. The van der Waals surface area contributed by atoms with Crippen LogP contribution in [0.15, 0.2) is 63.1 Å². The second kappa shape index (κ2) is 7.48. The van der Waals surface area contributed by atoms with Crippen molar-refractivity contribution in [3.8, 4) is 16.2 Å². The Hall–Kier alpha value is -1.10. The number of hydrogen-bond donors (Lipinski definition) is 0. The third-order valence-electron chi connectivity index (χ3n) is 2.38. The second-order valence-corrected chi connectivity index (χ2v) is 6.87. The van der Waals surface area contributed by atoms with Crippen molar-refractivity contribution < 1.29 is 4.74 Å².